The van der Waals surface area contributed by atoms with Crippen LogP contribution in [0.5, 0.6) is 0 Å². The number of hydrogen-bond donors (Lipinski definition) is 1. The van der Waals surface area contributed by atoms with Crippen LogP contribution in [-0.4, -0.2) is 50.2 Å². The molecule has 1 aromatic carbocycles. The maximum absolute atomic E-state index is 12.3. The number of halogens is 1. The minimum absolute atomic E-state index is 0.116. The number of piperazine rings is 1. The van der Waals surface area contributed by atoms with Crippen LogP contribution in [-0.2, 0) is 20.4 Å². The molecule has 7 heteroatoms. The van der Waals surface area contributed by atoms with E-state index in [0.717, 1.165) is 4.47 Å². The van der Waals surface area contributed by atoms with Gasteiger partial charge in [-0.2, -0.15) is 0 Å². The highest BCUT2D eigenvalue weighted by molar-refractivity contribution is 9.10. The van der Waals surface area contributed by atoms with E-state index < -0.39 is 15.6 Å². The molecule has 0 saturated carbocycles. The maximum Gasteiger partial charge on any atom is 0.237 e. The molecule has 2 rings (SSSR count). The van der Waals surface area contributed by atoms with E-state index in [-0.39, 0.29) is 23.7 Å². The highest BCUT2D eigenvalue weighted by Crippen LogP contribution is 2.15. The normalized spacial score (nSPS) is 22.6. The summed E-state index contributed by atoms with van der Waals surface area (Å²) in [5.41, 5.74) is 0.684. The van der Waals surface area contributed by atoms with Crippen molar-refractivity contribution in [1.29, 1.82) is 0 Å². The lowest BCUT2D eigenvalue weighted by molar-refractivity contribution is -0.130. The lowest BCUT2D eigenvalue weighted by Gasteiger charge is -2.36. The van der Waals surface area contributed by atoms with Crippen LogP contribution in [0.1, 0.15) is 19.4 Å². The molecule has 1 saturated heterocycles. The van der Waals surface area contributed by atoms with Gasteiger partial charge in [-0.05, 0) is 31.5 Å². The van der Waals surface area contributed by atoms with Crippen molar-refractivity contribution in [2.45, 2.75) is 31.7 Å². The van der Waals surface area contributed by atoms with Crippen LogP contribution in [0.3, 0.4) is 0 Å². The average molecular weight is 389 g/mol. The van der Waals surface area contributed by atoms with Gasteiger partial charge in [0, 0.05) is 29.6 Å². The number of nitrogens with one attached hydrogen (secondary N) is 1. The molecule has 0 spiro atoms. The summed E-state index contributed by atoms with van der Waals surface area (Å²) in [6, 6.07) is 7.50. The van der Waals surface area contributed by atoms with Gasteiger partial charge in [-0.3, -0.25) is 4.79 Å². The molecule has 1 fully saturated rings. The number of benzene rings is 1. The van der Waals surface area contributed by atoms with Crippen LogP contribution in [0.4, 0.5) is 0 Å². The Morgan fingerprint density at radius 2 is 1.95 bits per heavy atom. The second-order valence-electron chi connectivity index (χ2n) is 5.93. The van der Waals surface area contributed by atoms with Gasteiger partial charge in [-0.25, -0.2) is 8.42 Å². The molecule has 0 aromatic heterocycles. The molecule has 5 nitrogen and oxygen atoms in total. The lowest BCUT2D eigenvalue weighted by atomic mass is 10.1. The van der Waals surface area contributed by atoms with Crippen LogP contribution < -0.4 is 5.32 Å². The smallest absolute Gasteiger partial charge is 0.237 e. The highest BCUT2D eigenvalue weighted by atomic mass is 79.9. The van der Waals surface area contributed by atoms with E-state index in [0.29, 0.717) is 18.7 Å². The zero-order valence-corrected chi connectivity index (χ0v) is 15.2. The summed E-state index contributed by atoms with van der Waals surface area (Å²) in [4.78, 5) is 13.9. The predicted molar refractivity (Wildman–Crippen MR) is 90.3 cm³/mol. The maximum atomic E-state index is 12.3. The van der Waals surface area contributed by atoms with Gasteiger partial charge in [0.15, 0.2) is 9.84 Å². The molecule has 0 aliphatic carbocycles. The van der Waals surface area contributed by atoms with Gasteiger partial charge >= 0.3 is 0 Å². The van der Waals surface area contributed by atoms with Gasteiger partial charge in [0.25, 0.3) is 0 Å². The Morgan fingerprint density at radius 3 is 2.55 bits per heavy atom. The third kappa shape index (κ3) is 5.07. The van der Waals surface area contributed by atoms with E-state index >= 15 is 0 Å². The van der Waals surface area contributed by atoms with Gasteiger partial charge in [-0.1, -0.05) is 28.1 Å². The molecule has 1 heterocycles. The van der Waals surface area contributed by atoms with Crippen molar-refractivity contribution in [2.75, 3.05) is 18.8 Å². The molecular formula is C15H21BrN2O3S. The molecule has 1 aliphatic rings. The number of sulfone groups is 1. The van der Waals surface area contributed by atoms with E-state index in [4.69, 9.17) is 0 Å². The van der Waals surface area contributed by atoms with E-state index in [1.165, 1.54) is 0 Å². The summed E-state index contributed by atoms with van der Waals surface area (Å²) in [6.45, 7) is 5.09. The fourth-order valence-corrected chi connectivity index (χ4v) is 4.54. The number of hydrogen-bond acceptors (Lipinski definition) is 4. The molecule has 0 bridgehead atoms. The van der Waals surface area contributed by atoms with Gasteiger partial charge in [0.1, 0.15) is 5.75 Å². The molecule has 22 heavy (non-hydrogen) atoms. The number of carbonyl (C=O) groups excluding carboxylic acids is 1. The third-order valence-corrected chi connectivity index (χ3v) is 5.48. The van der Waals surface area contributed by atoms with E-state index in [1.54, 1.807) is 23.1 Å². The van der Waals surface area contributed by atoms with Crippen molar-refractivity contribution in [3.8, 4) is 0 Å². The molecule has 0 radical (unpaired) electrons. The molecule has 2 atom stereocenters. The quantitative estimate of drug-likeness (QED) is 0.849. The van der Waals surface area contributed by atoms with E-state index in [1.807, 2.05) is 19.9 Å². The third-order valence-electron chi connectivity index (χ3n) is 3.53. The van der Waals surface area contributed by atoms with Crippen LogP contribution in [0.15, 0.2) is 28.7 Å². The SMILES string of the molecule is C[C@@H]1CN(C(=O)CS(=O)(=O)Cc2cccc(Br)c2)C[C@H](C)N1. The number of nitrogens with zero attached hydrogens (tertiary/aromatic N) is 1. The number of rotatable bonds is 4. The fraction of sp³-hybridized carbons (Fsp3) is 0.533. The number of carbonyl (C=O) groups is 1. The van der Waals surface area contributed by atoms with E-state index in [2.05, 4.69) is 21.2 Å². The minimum atomic E-state index is -3.47. The molecule has 1 aromatic rings. The fourth-order valence-electron chi connectivity index (χ4n) is 2.74. The first-order valence-corrected chi connectivity index (χ1v) is 9.85. The van der Waals surface area contributed by atoms with Crippen LogP contribution in [0, 0.1) is 0 Å². The molecule has 1 aliphatic heterocycles. The van der Waals surface area contributed by atoms with Crippen molar-refractivity contribution in [3.05, 3.63) is 34.3 Å². The first-order chi connectivity index (χ1) is 10.2. The summed E-state index contributed by atoms with van der Waals surface area (Å²) in [5, 5.41) is 3.32. The molecule has 1 amide bonds. The Balaban J connectivity index is 2.00. The predicted octanol–water partition coefficient (Wildman–Crippen LogP) is 1.57. The standard InChI is InChI=1S/C15H21BrN2O3S/c1-11-7-18(8-12(2)17-11)15(19)10-22(20,21)9-13-4-3-5-14(16)6-13/h3-6,11-12,17H,7-10H2,1-2H3/t11-,12+. The zero-order valence-electron chi connectivity index (χ0n) is 12.8. The summed E-state index contributed by atoms with van der Waals surface area (Å²) in [6.07, 6.45) is 0. The van der Waals surface area contributed by atoms with Crippen molar-refractivity contribution in [1.82, 2.24) is 10.2 Å². The van der Waals surface area contributed by atoms with Gasteiger partial charge in [-0.15, -0.1) is 0 Å². The van der Waals surface area contributed by atoms with Gasteiger partial charge in [0.2, 0.25) is 5.91 Å². The lowest BCUT2D eigenvalue weighted by Crippen LogP contribution is -2.56. The minimum Gasteiger partial charge on any atom is -0.339 e. The Hall–Kier alpha value is -0.920. The molecule has 1 N–H and O–H groups in total. The topological polar surface area (TPSA) is 66.5 Å². The average Bonchev–Trinajstić information content (AvgIpc) is 2.36. The highest BCUT2D eigenvalue weighted by Gasteiger charge is 2.28. The van der Waals surface area contributed by atoms with Crippen LogP contribution in [0.25, 0.3) is 0 Å². The largest absolute Gasteiger partial charge is 0.339 e. The van der Waals surface area contributed by atoms with Crippen LogP contribution >= 0.6 is 15.9 Å². The molecule has 122 valence electrons. The first-order valence-electron chi connectivity index (χ1n) is 7.24. The van der Waals surface area contributed by atoms with E-state index in [9.17, 15) is 13.2 Å². The van der Waals surface area contributed by atoms with Crippen molar-refractivity contribution in [3.63, 3.8) is 0 Å². The first kappa shape index (κ1) is 17.4. The Bertz CT molecular complexity index is 638. The monoisotopic (exact) mass is 388 g/mol. The summed E-state index contributed by atoms with van der Waals surface area (Å²) < 4.78 is 25.3. The van der Waals surface area contributed by atoms with Crippen molar-refractivity contribution < 1.29 is 13.2 Å². The summed E-state index contributed by atoms with van der Waals surface area (Å²) in [5.74, 6) is -0.857. The Kier molecular flexibility index (Phi) is 5.63. The Morgan fingerprint density at radius 1 is 1.32 bits per heavy atom. The second kappa shape index (κ2) is 7.10. The summed E-state index contributed by atoms with van der Waals surface area (Å²) >= 11 is 3.32. The van der Waals surface area contributed by atoms with Gasteiger partial charge in [0.05, 0.1) is 5.75 Å². The van der Waals surface area contributed by atoms with Gasteiger partial charge < -0.3 is 10.2 Å². The van der Waals surface area contributed by atoms with Crippen molar-refractivity contribution in [2.24, 2.45) is 0 Å². The summed E-state index contributed by atoms with van der Waals surface area (Å²) in [7, 11) is -3.47. The zero-order chi connectivity index (χ0) is 16.3. The van der Waals surface area contributed by atoms with Crippen molar-refractivity contribution >= 4 is 31.7 Å². The second-order valence-corrected chi connectivity index (χ2v) is 8.91. The molecular weight excluding hydrogens is 368 g/mol. The number of amides is 1. The van der Waals surface area contributed by atoms with Crippen LogP contribution in [0.2, 0.25) is 0 Å². The Labute approximate surface area is 140 Å². The molecule has 0 unspecified atom stereocenters.